The van der Waals surface area contributed by atoms with Gasteiger partial charge in [-0.15, -0.1) is 0 Å². The zero-order chi connectivity index (χ0) is 13.4. The minimum atomic E-state index is 0.350. The number of nitrogens with one attached hydrogen (secondary N) is 1. The van der Waals surface area contributed by atoms with E-state index in [0.717, 1.165) is 36.8 Å². The molecule has 0 aliphatic heterocycles. The number of hydrogen-bond acceptors (Lipinski definition) is 2. The van der Waals surface area contributed by atoms with E-state index in [4.69, 9.17) is 5.11 Å². The maximum Gasteiger partial charge on any atom is 0.0431 e. The van der Waals surface area contributed by atoms with E-state index in [0.29, 0.717) is 6.61 Å². The molecule has 3 atom stereocenters. The summed E-state index contributed by atoms with van der Waals surface area (Å²) < 4.78 is 0. The summed E-state index contributed by atoms with van der Waals surface area (Å²) in [4.78, 5) is 0. The number of hydrogen-bond donors (Lipinski definition) is 2. The first kappa shape index (κ1) is 16.0. The molecule has 2 N–H and O–H groups in total. The first-order chi connectivity index (χ1) is 8.65. The highest BCUT2D eigenvalue weighted by Crippen LogP contribution is 2.33. The maximum atomic E-state index is 8.74. The summed E-state index contributed by atoms with van der Waals surface area (Å²) >= 11 is 0. The van der Waals surface area contributed by atoms with Gasteiger partial charge in [0.1, 0.15) is 0 Å². The van der Waals surface area contributed by atoms with Crippen LogP contribution >= 0.6 is 0 Å². The van der Waals surface area contributed by atoms with Gasteiger partial charge in [-0.2, -0.15) is 0 Å². The molecule has 108 valence electrons. The number of rotatable bonds is 8. The highest BCUT2D eigenvalue weighted by atomic mass is 16.2. The van der Waals surface area contributed by atoms with Crippen molar-refractivity contribution < 1.29 is 5.11 Å². The normalized spacial score (nSPS) is 28.8. The Balaban J connectivity index is 2.20. The third kappa shape index (κ3) is 5.71. The molecule has 0 radical (unpaired) electrons. The van der Waals surface area contributed by atoms with Crippen LogP contribution in [-0.2, 0) is 0 Å². The van der Waals surface area contributed by atoms with Crippen LogP contribution in [0.15, 0.2) is 0 Å². The van der Waals surface area contributed by atoms with E-state index < -0.39 is 0 Å². The van der Waals surface area contributed by atoms with Crippen LogP contribution in [0.5, 0.6) is 0 Å². The maximum absolute atomic E-state index is 8.74. The molecule has 2 nitrogen and oxygen atoms in total. The summed E-state index contributed by atoms with van der Waals surface area (Å²) in [6.45, 7) is 8.65. The van der Waals surface area contributed by atoms with Gasteiger partial charge in [-0.25, -0.2) is 0 Å². The van der Waals surface area contributed by atoms with Gasteiger partial charge in [0.2, 0.25) is 0 Å². The fourth-order valence-corrected chi connectivity index (χ4v) is 3.31. The van der Waals surface area contributed by atoms with Crippen molar-refractivity contribution in [1.82, 2.24) is 5.32 Å². The zero-order valence-corrected chi connectivity index (χ0v) is 12.6. The molecule has 0 spiro atoms. The molecule has 0 aromatic heterocycles. The van der Waals surface area contributed by atoms with Crippen molar-refractivity contribution in [3.63, 3.8) is 0 Å². The molecule has 0 aromatic rings. The van der Waals surface area contributed by atoms with E-state index in [1.54, 1.807) is 0 Å². The third-order valence-corrected chi connectivity index (χ3v) is 4.51. The summed E-state index contributed by atoms with van der Waals surface area (Å²) in [6, 6.07) is 0.742. The highest BCUT2D eigenvalue weighted by molar-refractivity contribution is 4.85. The topological polar surface area (TPSA) is 32.3 Å². The lowest BCUT2D eigenvalue weighted by Gasteiger charge is -2.38. The first-order valence-corrected chi connectivity index (χ1v) is 7.99. The summed E-state index contributed by atoms with van der Waals surface area (Å²) in [5, 5.41) is 12.5. The lowest BCUT2D eigenvalue weighted by Crippen LogP contribution is -2.43. The Hall–Kier alpha value is -0.0800. The molecule has 0 amide bonds. The van der Waals surface area contributed by atoms with E-state index in [-0.39, 0.29) is 0 Å². The summed E-state index contributed by atoms with van der Waals surface area (Å²) in [6.07, 6.45) is 8.83. The van der Waals surface area contributed by atoms with Crippen LogP contribution in [0.25, 0.3) is 0 Å². The number of unbranched alkanes of at least 4 members (excludes halogenated alkanes) is 3. The molecular weight excluding hydrogens is 222 g/mol. The Bertz CT molecular complexity index is 205. The van der Waals surface area contributed by atoms with Gasteiger partial charge in [-0.3, -0.25) is 0 Å². The molecule has 2 heteroatoms. The Labute approximate surface area is 114 Å². The second-order valence-electron chi connectivity index (χ2n) is 6.52. The lowest BCUT2D eigenvalue weighted by atomic mass is 9.74. The molecule has 18 heavy (non-hydrogen) atoms. The van der Waals surface area contributed by atoms with Gasteiger partial charge in [0.05, 0.1) is 0 Å². The minimum absolute atomic E-state index is 0.350. The quantitative estimate of drug-likeness (QED) is 0.650. The molecule has 1 aliphatic rings. The molecule has 0 bridgehead atoms. The van der Waals surface area contributed by atoms with E-state index in [9.17, 15) is 0 Å². The third-order valence-electron chi connectivity index (χ3n) is 4.51. The van der Waals surface area contributed by atoms with Crippen LogP contribution in [0.4, 0.5) is 0 Å². The van der Waals surface area contributed by atoms with Crippen LogP contribution in [0.1, 0.15) is 65.7 Å². The predicted octanol–water partition coefficient (Wildman–Crippen LogP) is 3.59. The molecule has 1 saturated carbocycles. The SMILES string of the molecule is CC1CCC(C(C)C)C(NCCCCCCO)C1. The molecule has 0 aromatic carbocycles. The van der Waals surface area contributed by atoms with Gasteiger partial charge in [-0.1, -0.05) is 40.0 Å². The zero-order valence-electron chi connectivity index (χ0n) is 12.6. The minimum Gasteiger partial charge on any atom is -0.396 e. The Morgan fingerprint density at radius 1 is 1.11 bits per heavy atom. The van der Waals surface area contributed by atoms with Crippen LogP contribution < -0.4 is 5.32 Å². The first-order valence-electron chi connectivity index (χ1n) is 7.99. The van der Waals surface area contributed by atoms with Gasteiger partial charge in [0.25, 0.3) is 0 Å². The molecule has 0 saturated heterocycles. The van der Waals surface area contributed by atoms with E-state index >= 15 is 0 Å². The molecule has 1 fully saturated rings. The summed E-state index contributed by atoms with van der Waals surface area (Å²) in [5.41, 5.74) is 0. The van der Waals surface area contributed by atoms with Crippen molar-refractivity contribution in [3.05, 3.63) is 0 Å². The van der Waals surface area contributed by atoms with E-state index in [1.807, 2.05) is 0 Å². The fraction of sp³-hybridized carbons (Fsp3) is 1.00. The standard InChI is InChI=1S/C16H33NO/c1-13(2)15-9-8-14(3)12-16(15)17-10-6-4-5-7-11-18/h13-18H,4-12H2,1-3H3. The largest absolute Gasteiger partial charge is 0.396 e. The average Bonchev–Trinajstić information content (AvgIpc) is 2.33. The van der Waals surface area contributed by atoms with Crippen LogP contribution in [0, 0.1) is 17.8 Å². The van der Waals surface area contributed by atoms with Crippen molar-refractivity contribution in [2.24, 2.45) is 17.8 Å². The highest BCUT2D eigenvalue weighted by Gasteiger charge is 2.29. The van der Waals surface area contributed by atoms with Crippen molar-refractivity contribution in [2.75, 3.05) is 13.2 Å². The molecule has 1 aliphatic carbocycles. The molecule has 0 heterocycles. The van der Waals surface area contributed by atoms with E-state index in [1.165, 1.54) is 38.5 Å². The average molecular weight is 255 g/mol. The van der Waals surface area contributed by atoms with Gasteiger partial charge < -0.3 is 10.4 Å². The molecule has 3 unspecified atom stereocenters. The number of aliphatic hydroxyl groups is 1. The van der Waals surface area contributed by atoms with Crippen molar-refractivity contribution in [2.45, 2.75) is 71.8 Å². The second-order valence-corrected chi connectivity index (χ2v) is 6.52. The summed E-state index contributed by atoms with van der Waals surface area (Å²) in [5.74, 6) is 2.58. The van der Waals surface area contributed by atoms with E-state index in [2.05, 4.69) is 26.1 Å². The van der Waals surface area contributed by atoms with Crippen molar-refractivity contribution in [3.8, 4) is 0 Å². The molecular formula is C16H33NO. The monoisotopic (exact) mass is 255 g/mol. The van der Waals surface area contributed by atoms with Gasteiger partial charge in [0, 0.05) is 12.6 Å². The van der Waals surface area contributed by atoms with Crippen LogP contribution in [0.2, 0.25) is 0 Å². The Morgan fingerprint density at radius 3 is 2.50 bits per heavy atom. The lowest BCUT2D eigenvalue weighted by molar-refractivity contribution is 0.170. The van der Waals surface area contributed by atoms with Gasteiger partial charge in [-0.05, 0) is 50.0 Å². The van der Waals surface area contributed by atoms with Crippen molar-refractivity contribution >= 4 is 0 Å². The second kappa shape index (κ2) is 8.92. The molecule has 1 rings (SSSR count). The van der Waals surface area contributed by atoms with Crippen LogP contribution in [-0.4, -0.2) is 24.3 Å². The Kier molecular flexibility index (Phi) is 7.92. The summed E-state index contributed by atoms with van der Waals surface area (Å²) in [7, 11) is 0. The van der Waals surface area contributed by atoms with Gasteiger partial charge >= 0.3 is 0 Å². The van der Waals surface area contributed by atoms with Gasteiger partial charge in [0.15, 0.2) is 0 Å². The van der Waals surface area contributed by atoms with Crippen LogP contribution in [0.3, 0.4) is 0 Å². The predicted molar refractivity (Wildman–Crippen MR) is 78.7 cm³/mol. The number of aliphatic hydroxyl groups excluding tert-OH is 1. The Morgan fingerprint density at radius 2 is 1.83 bits per heavy atom. The smallest absolute Gasteiger partial charge is 0.0431 e. The fourth-order valence-electron chi connectivity index (χ4n) is 3.31. The van der Waals surface area contributed by atoms with Crippen molar-refractivity contribution in [1.29, 1.82) is 0 Å².